The van der Waals surface area contributed by atoms with Crippen LogP contribution in [0.3, 0.4) is 0 Å². The number of fused-ring (bicyclic) bond motifs is 1. The van der Waals surface area contributed by atoms with Crippen molar-refractivity contribution in [3.63, 3.8) is 0 Å². The van der Waals surface area contributed by atoms with Gasteiger partial charge in [-0.05, 0) is 37.0 Å². The van der Waals surface area contributed by atoms with Crippen molar-refractivity contribution in [1.82, 2.24) is 20.9 Å². The SMILES string of the molecule is CC(C)(C)[C@H](NC(=O)C(F)(F)F)C(=O)N1CC2CC1(C(=O)N[C@H](C#N)C[C@@H]1CCNC1=O)C2. The quantitative estimate of drug-likeness (QED) is 0.522. The van der Waals surface area contributed by atoms with Crippen LogP contribution in [0.5, 0.6) is 0 Å². The number of alkyl halides is 3. The highest BCUT2D eigenvalue weighted by molar-refractivity contribution is 5.97. The Balaban J connectivity index is 1.75. The second-order valence-corrected chi connectivity index (χ2v) is 10.2. The third kappa shape index (κ3) is 4.77. The Morgan fingerprint density at radius 3 is 2.36 bits per heavy atom. The number of nitriles is 1. The van der Waals surface area contributed by atoms with E-state index in [1.807, 2.05) is 6.07 Å². The Hall–Kier alpha value is -2.84. The first-order valence-electron chi connectivity index (χ1n) is 10.9. The third-order valence-corrected chi connectivity index (χ3v) is 6.69. The van der Waals surface area contributed by atoms with Gasteiger partial charge in [-0.25, -0.2) is 0 Å². The minimum atomic E-state index is -5.15. The van der Waals surface area contributed by atoms with Crippen LogP contribution in [0.25, 0.3) is 0 Å². The predicted octanol–water partition coefficient (Wildman–Crippen LogP) is 0.605. The molecule has 182 valence electrons. The average molecular weight is 471 g/mol. The van der Waals surface area contributed by atoms with Crippen molar-refractivity contribution in [2.75, 3.05) is 13.1 Å². The molecule has 4 rings (SSSR count). The number of carbonyl (C=O) groups is 4. The molecular formula is C21H28F3N5O4. The molecule has 0 unspecified atom stereocenters. The lowest BCUT2D eigenvalue weighted by Gasteiger charge is -2.43. The molecule has 2 bridgehead atoms. The molecule has 12 heteroatoms. The summed E-state index contributed by atoms with van der Waals surface area (Å²) in [6.07, 6.45) is -3.81. The van der Waals surface area contributed by atoms with Gasteiger partial charge in [-0.3, -0.25) is 19.2 Å². The fourth-order valence-electron chi connectivity index (χ4n) is 4.89. The van der Waals surface area contributed by atoms with Crippen LogP contribution >= 0.6 is 0 Å². The summed E-state index contributed by atoms with van der Waals surface area (Å²) in [6.45, 7) is 5.26. The van der Waals surface area contributed by atoms with E-state index in [0.717, 1.165) is 0 Å². The van der Waals surface area contributed by atoms with Crippen molar-refractivity contribution >= 4 is 23.6 Å². The summed E-state index contributed by atoms with van der Waals surface area (Å²) in [6, 6.07) is -0.465. The van der Waals surface area contributed by atoms with Crippen LogP contribution in [0.2, 0.25) is 0 Å². The van der Waals surface area contributed by atoms with Crippen molar-refractivity contribution in [2.45, 2.75) is 70.3 Å². The molecule has 4 fully saturated rings. The molecule has 4 aliphatic rings. The molecule has 33 heavy (non-hydrogen) atoms. The van der Waals surface area contributed by atoms with Crippen molar-refractivity contribution in [3.05, 3.63) is 0 Å². The van der Waals surface area contributed by atoms with E-state index < -0.39 is 52.9 Å². The second kappa shape index (κ2) is 8.50. The van der Waals surface area contributed by atoms with Gasteiger partial charge in [0, 0.05) is 19.0 Å². The number of hydrogen-bond donors (Lipinski definition) is 3. The van der Waals surface area contributed by atoms with Crippen LogP contribution in [0.4, 0.5) is 13.2 Å². The first-order valence-corrected chi connectivity index (χ1v) is 10.9. The number of carbonyl (C=O) groups excluding carboxylic acids is 4. The van der Waals surface area contributed by atoms with Crippen molar-refractivity contribution in [1.29, 1.82) is 5.26 Å². The molecule has 3 atom stereocenters. The number of nitrogens with one attached hydrogen (secondary N) is 3. The largest absolute Gasteiger partial charge is 0.471 e. The average Bonchev–Trinajstić information content (AvgIpc) is 3.36. The lowest BCUT2D eigenvalue weighted by Crippen LogP contribution is -2.65. The van der Waals surface area contributed by atoms with E-state index in [1.54, 1.807) is 5.32 Å². The molecule has 0 spiro atoms. The Labute approximate surface area is 189 Å². The zero-order valence-electron chi connectivity index (χ0n) is 18.7. The lowest BCUT2D eigenvalue weighted by atomic mass is 9.72. The molecule has 3 N–H and O–H groups in total. The summed E-state index contributed by atoms with van der Waals surface area (Å²) in [5.74, 6) is -4.12. The Morgan fingerprint density at radius 1 is 1.24 bits per heavy atom. The van der Waals surface area contributed by atoms with E-state index >= 15 is 0 Å². The van der Waals surface area contributed by atoms with E-state index in [0.29, 0.717) is 25.8 Å². The van der Waals surface area contributed by atoms with Crippen LogP contribution < -0.4 is 16.0 Å². The molecule has 0 aromatic rings. The van der Waals surface area contributed by atoms with Gasteiger partial charge >= 0.3 is 12.1 Å². The minimum Gasteiger partial charge on any atom is -0.356 e. The smallest absolute Gasteiger partial charge is 0.356 e. The first-order chi connectivity index (χ1) is 15.2. The molecule has 9 nitrogen and oxygen atoms in total. The molecule has 0 aromatic heterocycles. The summed E-state index contributed by atoms with van der Waals surface area (Å²) in [4.78, 5) is 51.1. The van der Waals surface area contributed by atoms with Gasteiger partial charge in [0.1, 0.15) is 17.6 Å². The van der Waals surface area contributed by atoms with Gasteiger partial charge in [0.2, 0.25) is 17.7 Å². The van der Waals surface area contributed by atoms with E-state index in [1.165, 1.54) is 25.7 Å². The summed E-state index contributed by atoms with van der Waals surface area (Å²) in [7, 11) is 0. The van der Waals surface area contributed by atoms with E-state index in [2.05, 4.69) is 10.6 Å². The van der Waals surface area contributed by atoms with E-state index in [9.17, 15) is 37.6 Å². The second-order valence-electron chi connectivity index (χ2n) is 10.2. The van der Waals surface area contributed by atoms with E-state index in [4.69, 9.17) is 0 Å². The monoisotopic (exact) mass is 471 g/mol. The fourth-order valence-corrected chi connectivity index (χ4v) is 4.89. The highest BCUT2D eigenvalue weighted by Gasteiger charge is 2.63. The first kappa shape index (κ1) is 24.8. The Kier molecular flexibility index (Phi) is 6.39. The zero-order chi connectivity index (χ0) is 24.8. The summed E-state index contributed by atoms with van der Waals surface area (Å²) in [5, 5.41) is 16.6. The summed E-state index contributed by atoms with van der Waals surface area (Å²) < 4.78 is 38.5. The van der Waals surface area contributed by atoms with Gasteiger partial charge in [-0.2, -0.15) is 18.4 Å². The van der Waals surface area contributed by atoms with Crippen molar-refractivity contribution in [2.24, 2.45) is 17.3 Å². The highest BCUT2D eigenvalue weighted by atomic mass is 19.4. The number of hydrogen-bond acceptors (Lipinski definition) is 5. The van der Waals surface area contributed by atoms with Crippen molar-refractivity contribution in [3.8, 4) is 6.07 Å². The van der Waals surface area contributed by atoms with Gasteiger partial charge in [0.05, 0.1) is 6.07 Å². The maximum atomic E-state index is 13.3. The third-order valence-electron chi connectivity index (χ3n) is 6.69. The number of nitrogens with zero attached hydrogens (tertiary/aromatic N) is 2. The standard InChI is InChI=1S/C21H28F3N5O4/c1-19(2,3)14(28-18(33)21(22,23)24)16(31)29-10-11-7-20(29,8-11)17(32)27-13(9-25)6-12-4-5-26-15(12)30/h11-14H,4-8,10H2,1-3H3,(H,26,30)(H,27,32)(H,28,33)/t11?,12-,13-,14+,20?/m0/s1. The Bertz CT molecular complexity index is 886. The lowest BCUT2D eigenvalue weighted by molar-refractivity contribution is -0.176. The summed E-state index contributed by atoms with van der Waals surface area (Å²) in [5.41, 5.74) is -2.32. The molecular weight excluding hydrogens is 443 g/mol. The number of halogens is 3. The highest BCUT2D eigenvalue weighted by Crippen LogP contribution is 2.51. The van der Waals surface area contributed by atoms with E-state index in [-0.39, 0.29) is 24.8 Å². The number of amides is 4. The number of rotatable bonds is 6. The van der Waals surface area contributed by atoms with Crippen LogP contribution in [0.15, 0.2) is 0 Å². The van der Waals surface area contributed by atoms with Gasteiger partial charge in [0.15, 0.2) is 0 Å². The molecule has 0 radical (unpaired) electrons. The molecule has 3 heterocycles. The topological polar surface area (TPSA) is 131 Å². The molecule has 1 aliphatic carbocycles. The van der Waals surface area contributed by atoms with Crippen molar-refractivity contribution < 1.29 is 32.3 Å². The van der Waals surface area contributed by atoms with Gasteiger partial charge in [-0.15, -0.1) is 0 Å². The van der Waals surface area contributed by atoms with Crippen LogP contribution in [-0.4, -0.2) is 65.4 Å². The predicted molar refractivity (Wildman–Crippen MR) is 108 cm³/mol. The molecule has 0 aromatic carbocycles. The molecule has 4 amide bonds. The maximum Gasteiger partial charge on any atom is 0.471 e. The van der Waals surface area contributed by atoms with Crippen LogP contribution in [0, 0.1) is 28.6 Å². The molecule has 3 saturated heterocycles. The van der Waals surface area contributed by atoms with Crippen LogP contribution in [0.1, 0.15) is 46.5 Å². The normalized spacial score (nSPS) is 28.3. The maximum absolute atomic E-state index is 13.3. The molecule has 3 aliphatic heterocycles. The molecule has 1 saturated carbocycles. The zero-order valence-corrected chi connectivity index (χ0v) is 18.7. The van der Waals surface area contributed by atoms with Gasteiger partial charge in [0.25, 0.3) is 0 Å². The Morgan fingerprint density at radius 2 is 1.88 bits per heavy atom. The minimum absolute atomic E-state index is 0.0137. The van der Waals surface area contributed by atoms with Gasteiger partial charge in [-0.1, -0.05) is 20.8 Å². The van der Waals surface area contributed by atoms with Crippen LogP contribution in [-0.2, 0) is 19.2 Å². The van der Waals surface area contributed by atoms with Gasteiger partial charge < -0.3 is 20.9 Å². The summed E-state index contributed by atoms with van der Waals surface area (Å²) >= 11 is 0. The fraction of sp³-hybridized carbons (Fsp3) is 0.762.